The summed E-state index contributed by atoms with van der Waals surface area (Å²) in [5.74, 6) is -1.10. The number of fused-ring (bicyclic) bond motifs is 1. The monoisotopic (exact) mass is 169 g/mol. The second-order valence-electron chi connectivity index (χ2n) is 1.88. The highest BCUT2D eigenvalue weighted by Crippen LogP contribution is 2.09. The number of aromatic nitrogens is 3. The Morgan fingerprint density at radius 1 is 1.64 bits per heavy atom. The minimum absolute atomic E-state index is 0.0405. The lowest BCUT2D eigenvalue weighted by atomic mass is 10.6. The van der Waals surface area contributed by atoms with Crippen molar-refractivity contribution in [1.29, 1.82) is 0 Å². The quantitative estimate of drug-likeness (QED) is 0.674. The van der Waals surface area contributed by atoms with Crippen molar-refractivity contribution in [2.75, 3.05) is 0 Å². The number of hydrogen-bond donors (Lipinski definition) is 1. The second-order valence-corrected chi connectivity index (χ2v) is 2.76. The molecule has 11 heavy (non-hydrogen) atoms. The highest BCUT2D eigenvalue weighted by Gasteiger charge is 2.11. The van der Waals surface area contributed by atoms with E-state index >= 15 is 0 Å². The van der Waals surface area contributed by atoms with Crippen molar-refractivity contribution in [2.24, 2.45) is 0 Å². The van der Waals surface area contributed by atoms with Crippen LogP contribution in [0, 0.1) is 0 Å². The average Bonchev–Trinajstić information content (AvgIpc) is 2.41. The SMILES string of the molecule is O=C(O)c1nnc2sccn12. The number of carboxylic acids is 1. The van der Waals surface area contributed by atoms with E-state index in [1.54, 1.807) is 11.6 Å². The van der Waals surface area contributed by atoms with Crippen molar-refractivity contribution in [3.05, 3.63) is 17.4 Å². The zero-order valence-corrected chi connectivity index (χ0v) is 6.08. The van der Waals surface area contributed by atoms with Crippen LogP contribution in [0.3, 0.4) is 0 Å². The van der Waals surface area contributed by atoms with Crippen LogP contribution in [-0.2, 0) is 0 Å². The van der Waals surface area contributed by atoms with Crippen LogP contribution in [0.5, 0.6) is 0 Å². The third-order valence-corrected chi connectivity index (χ3v) is 1.99. The number of aromatic carboxylic acids is 1. The Bertz CT molecular complexity index is 404. The first kappa shape index (κ1) is 6.29. The minimum Gasteiger partial charge on any atom is -0.475 e. The Morgan fingerprint density at radius 3 is 3.18 bits per heavy atom. The molecule has 0 aromatic carbocycles. The lowest BCUT2D eigenvalue weighted by Crippen LogP contribution is -2.01. The van der Waals surface area contributed by atoms with Gasteiger partial charge in [-0.05, 0) is 0 Å². The van der Waals surface area contributed by atoms with Crippen LogP contribution < -0.4 is 0 Å². The molecule has 5 nitrogen and oxygen atoms in total. The molecule has 0 aliphatic carbocycles. The molecule has 2 aromatic rings. The first-order chi connectivity index (χ1) is 5.29. The molecule has 1 N–H and O–H groups in total. The topological polar surface area (TPSA) is 67.5 Å². The maximum Gasteiger partial charge on any atom is 0.374 e. The smallest absolute Gasteiger partial charge is 0.374 e. The van der Waals surface area contributed by atoms with E-state index in [1.807, 2.05) is 0 Å². The van der Waals surface area contributed by atoms with Crippen molar-refractivity contribution in [3.8, 4) is 0 Å². The Kier molecular flexibility index (Phi) is 1.16. The zero-order chi connectivity index (χ0) is 7.84. The molecule has 56 valence electrons. The molecule has 6 heteroatoms. The fourth-order valence-electron chi connectivity index (χ4n) is 0.790. The Morgan fingerprint density at radius 2 is 2.45 bits per heavy atom. The normalized spacial score (nSPS) is 10.5. The summed E-state index contributed by atoms with van der Waals surface area (Å²) in [6.07, 6.45) is 1.63. The molecular weight excluding hydrogens is 166 g/mol. The Balaban J connectivity index is 2.78. The number of nitrogens with zero attached hydrogens (tertiary/aromatic N) is 3. The van der Waals surface area contributed by atoms with Gasteiger partial charge in [-0.15, -0.1) is 21.5 Å². The molecule has 0 radical (unpaired) electrons. The summed E-state index contributed by atoms with van der Waals surface area (Å²) in [5.41, 5.74) is 0. The summed E-state index contributed by atoms with van der Waals surface area (Å²) in [6, 6.07) is 0. The number of carbonyl (C=O) groups is 1. The maximum atomic E-state index is 10.5. The van der Waals surface area contributed by atoms with E-state index < -0.39 is 5.97 Å². The summed E-state index contributed by atoms with van der Waals surface area (Å²) in [4.78, 5) is 11.1. The van der Waals surface area contributed by atoms with Gasteiger partial charge in [-0.25, -0.2) is 4.79 Å². The molecule has 0 fully saturated rings. The van der Waals surface area contributed by atoms with Gasteiger partial charge in [0.25, 0.3) is 0 Å². The van der Waals surface area contributed by atoms with Crippen molar-refractivity contribution >= 4 is 22.3 Å². The molecule has 0 atom stereocenters. The number of carboxylic acid groups (broad SMARTS) is 1. The molecule has 2 aromatic heterocycles. The van der Waals surface area contributed by atoms with E-state index in [9.17, 15) is 4.79 Å². The number of thiazole rings is 1. The lowest BCUT2D eigenvalue weighted by Gasteiger charge is -1.84. The molecule has 0 saturated carbocycles. The third kappa shape index (κ3) is 0.795. The van der Waals surface area contributed by atoms with Gasteiger partial charge < -0.3 is 5.11 Å². The minimum atomic E-state index is -1.06. The van der Waals surface area contributed by atoms with Crippen molar-refractivity contribution in [1.82, 2.24) is 14.6 Å². The Labute approximate surface area is 64.9 Å². The highest BCUT2D eigenvalue weighted by molar-refractivity contribution is 7.15. The number of hydrogen-bond acceptors (Lipinski definition) is 4. The fourth-order valence-corrected chi connectivity index (χ4v) is 1.44. The molecule has 0 bridgehead atoms. The van der Waals surface area contributed by atoms with Gasteiger partial charge in [0, 0.05) is 11.6 Å². The van der Waals surface area contributed by atoms with Gasteiger partial charge in [0.15, 0.2) is 0 Å². The molecule has 2 rings (SSSR count). The number of rotatable bonds is 1. The molecule has 0 saturated heterocycles. The van der Waals surface area contributed by atoms with Crippen LogP contribution >= 0.6 is 11.3 Å². The van der Waals surface area contributed by atoms with Gasteiger partial charge in [0.2, 0.25) is 10.8 Å². The first-order valence-corrected chi connectivity index (χ1v) is 3.68. The van der Waals surface area contributed by atoms with E-state index in [0.717, 1.165) is 0 Å². The van der Waals surface area contributed by atoms with Gasteiger partial charge in [-0.2, -0.15) is 0 Å². The molecular formula is C5H3N3O2S. The van der Waals surface area contributed by atoms with Crippen molar-refractivity contribution in [2.45, 2.75) is 0 Å². The van der Waals surface area contributed by atoms with Gasteiger partial charge in [-0.3, -0.25) is 4.40 Å². The summed E-state index contributed by atoms with van der Waals surface area (Å²) < 4.78 is 1.44. The molecule has 0 aliphatic heterocycles. The van der Waals surface area contributed by atoms with Crippen LogP contribution in [0.25, 0.3) is 4.96 Å². The molecule has 0 unspecified atom stereocenters. The van der Waals surface area contributed by atoms with Gasteiger partial charge >= 0.3 is 5.97 Å². The lowest BCUT2D eigenvalue weighted by molar-refractivity contribution is 0.0682. The first-order valence-electron chi connectivity index (χ1n) is 2.80. The van der Waals surface area contributed by atoms with E-state index in [1.165, 1.54) is 15.7 Å². The van der Waals surface area contributed by atoms with Crippen LogP contribution in [0.1, 0.15) is 10.6 Å². The predicted molar refractivity (Wildman–Crippen MR) is 37.8 cm³/mol. The molecule has 0 aliphatic rings. The van der Waals surface area contributed by atoms with E-state index in [-0.39, 0.29) is 5.82 Å². The molecule has 0 spiro atoms. The van der Waals surface area contributed by atoms with Gasteiger partial charge in [0.05, 0.1) is 0 Å². The summed E-state index contributed by atoms with van der Waals surface area (Å²) in [6.45, 7) is 0. The van der Waals surface area contributed by atoms with Crippen molar-refractivity contribution in [3.63, 3.8) is 0 Å². The van der Waals surface area contributed by atoms with E-state index in [2.05, 4.69) is 10.2 Å². The molecule has 2 heterocycles. The summed E-state index contributed by atoms with van der Waals surface area (Å²) in [5, 5.41) is 17.5. The van der Waals surface area contributed by atoms with Crippen LogP contribution in [0.15, 0.2) is 11.6 Å². The van der Waals surface area contributed by atoms with E-state index in [0.29, 0.717) is 4.96 Å². The standard InChI is InChI=1S/C5H3N3O2S/c9-4(10)3-6-7-5-8(3)1-2-11-5/h1-2H,(H,9,10). The molecule has 0 amide bonds. The Hall–Kier alpha value is -1.43. The van der Waals surface area contributed by atoms with Crippen LogP contribution in [0.4, 0.5) is 0 Å². The maximum absolute atomic E-state index is 10.5. The average molecular weight is 169 g/mol. The summed E-state index contributed by atoms with van der Waals surface area (Å²) in [7, 11) is 0. The largest absolute Gasteiger partial charge is 0.475 e. The van der Waals surface area contributed by atoms with Crippen LogP contribution in [-0.4, -0.2) is 25.7 Å². The van der Waals surface area contributed by atoms with E-state index in [4.69, 9.17) is 5.11 Å². The van der Waals surface area contributed by atoms with Crippen molar-refractivity contribution < 1.29 is 9.90 Å². The zero-order valence-electron chi connectivity index (χ0n) is 5.26. The fraction of sp³-hybridized carbons (Fsp3) is 0. The van der Waals surface area contributed by atoms with Gasteiger partial charge in [-0.1, -0.05) is 0 Å². The van der Waals surface area contributed by atoms with Crippen LogP contribution in [0.2, 0.25) is 0 Å². The third-order valence-electron chi connectivity index (χ3n) is 1.24. The van der Waals surface area contributed by atoms with Gasteiger partial charge in [0.1, 0.15) is 0 Å². The summed E-state index contributed by atoms with van der Waals surface area (Å²) >= 11 is 1.35. The second kappa shape index (κ2) is 2.03. The predicted octanol–water partition coefficient (Wildman–Crippen LogP) is 0.489. The highest BCUT2D eigenvalue weighted by atomic mass is 32.1.